The Morgan fingerprint density at radius 3 is 2.54 bits per heavy atom. The van der Waals surface area contributed by atoms with Gasteiger partial charge in [0.15, 0.2) is 5.82 Å². The third-order valence-corrected chi connectivity index (χ3v) is 9.02. The summed E-state index contributed by atoms with van der Waals surface area (Å²) in [7, 11) is 0. The highest BCUT2D eigenvalue weighted by Crippen LogP contribution is 2.67. The van der Waals surface area contributed by atoms with Crippen molar-refractivity contribution in [3.63, 3.8) is 0 Å². The van der Waals surface area contributed by atoms with Gasteiger partial charge in [-0.15, -0.1) is 0 Å². The molecule has 2 aromatic rings. The Bertz CT molecular complexity index is 1130. The van der Waals surface area contributed by atoms with Crippen molar-refractivity contribution in [1.29, 1.82) is 0 Å². The highest BCUT2D eigenvalue weighted by atomic mass is 19.3. The molecule has 3 saturated carbocycles. The number of hydrogen-bond donors (Lipinski definition) is 2. The van der Waals surface area contributed by atoms with Crippen molar-refractivity contribution >= 4 is 11.5 Å². The van der Waals surface area contributed by atoms with Gasteiger partial charge in [-0.25, -0.2) is 18.7 Å². The van der Waals surface area contributed by atoms with Gasteiger partial charge in [-0.1, -0.05) is 0 Å². The molecule has 3 aliphatic carbocycles. The van der Waals surface area contributed by atoms with E-state index in [2.05, 4.69) is 40.5 Å². The number of anilines is 2. The predicted octanol–water partition coefficient (Wildman–Crippen LogP) is 5.55. The fourth-order valence-electron chi connectivity index (χ4n) is 6.75. The van der Waals surface area contributed by atoms with E-state index in [-0.39, 0.29) is 48.3 Å². The van der Waals surface area contributed by atoms with Crippen LogP contribution in [0.1, 0.15) is 106 Å². The van der Waals surface area contributed by atoms with E-state index in [1.165, 1.54) is 12.8 Å². The monoisotopic (exact) mass is 484 g/mol. The van der Waals surface area contributed by atoms with Crippen molar-refractivity contribution in [3.05, 3.63) is 29.5 Å². The van der Waals surface area contributed by atoms with E-state index in [1.54, 1.807) is 0 Å². The molecule has 35 heavy (non-hydrogen) atoms. The van der Waals surface area contributed by atoms with Crippen LogP contribution in [0.3, 0.4) is 0 Å². The third-order valence-electron chi connectivity index (χ3n) is 9.02. The normalized spacial score (nSPS) is 33.3. The van der Waals surface area contributed by atoms with Crippen LogP contribution in [-0.2, 0) is 4.74 Å². The van der Waals surface area contributed by atoms with Crippen molar-refractivity contribution in [3.8, 4) is 0 Å². The topological polar surface area (TPSA) is 76.9 Å². The highest BCUT2D eigenvalue weighted by molar-refractivity contribution is 5.71. The fraction of sp³-hybridized carbons (Fsp3) is 0.731. The third kappa shape index (κ3) is 3.81. The molecule has 4 atom stereocenters. The number of fused-ring (bicyclic) bond motifs is 1. The molecule has 188 valence electrons. The Kier molecular flexibility index (Phi) is 4.77. The van der Waals surface area contributed by atoms with Crippen LogP contribution in [0, 0.1) is 5.41 Å². The first-order chi connectivity index (χ1) is 16.8. The zero-order valence-electron chi connectivity index (χ0n) is 20.4. The number of aromatic nitrogens is 4. The average molecular weight is 485 g/mol. The Balaban J connectivity index is 1.16. The second-order valence-electron chi connectivity index (χ2n) is 11.9. The van der Waals surface area contributed by atoms with Gasteiger partial charge in [0, 0.05) is 55.1 Å². The smallest absolute Gasteiger partial charge is 0.249 e. The van der Waals surface area contributed by atoms with Crippen molar-refractivity contribution in [2.45, 2.75) is 107 Å². The second-order valence-corrected chi connectivity index (χ2v) is 11.9. The maximum atomic E-state index is 13.6. The number of alkyl halides is 2. The molecule has 9 heteroatoms. The van der Waals surface area contributed by atoms with Gasteiger partial charge in [0.25, 0.3) is 0 Å². The van der Waals surface area contributed by atoms with E-state index in [9.17, 15) is 8.78 Å². The van der Waals surface area contributed by atoms with E-state index < -0.39 is 5.92 Å². The molecule has 4 unspecified atom stereocenters. The van der Waals surface area contributed by atoms with Gasteiger partial charge in [-0.3, -0.25) is 4.68 Å². The van der Waals surface area contributed by atoms with E-state index in [4.69, 9.17) is 14.7 Å². The van der Waals surface area contributed by atoms with Crippen LogP contribution in [0.2, 0.25) is 0 Å². The molecule has 0 radical (unpaired) electrons. The summed E-state index contributed by atoms with van der Waals surface area (Å²) in [6, 6.07) is 1.04. The van der Waals surface area contributed by atoms with Crippen molar-refractivity contribution in [1.82, 2.24) is 19.7 Å². The minimum Gasteiger partial charge on any atom is -0.376 e. The lowest BCUT2D eigenvalue weighted by molar-refractivity contribution is -0.196. The van der Waals surface area contributed by atoms with Crippen LogP contribution < -0.4 is 10.6 Å². The van der Waals surface area contributed by atoms with Crippen LogP contribution in [0.4, 0.5) is 20.3 Å². The molecule has 7 rings (SSSR count). The molecule has 1 saturated heterocycles. The first-order valence-electron chi connectivity index (χ1n) is 13.3. The van der Waals surface area contributed by atoms with E-state index in [0.717, 1.165) is 54.3 Å². The standard InChI is InChI=1S/C26H34F2N6O/c1-14-15(2)31-24-22(30-14)21(17-8-25(9-17)12-26(27,28)13-25)32-23(33-24)16-5-6-35-20(7-16)18-10-29-34(11-18)19-3-4-19/h10-11,14-17,19-20,30H,3-9,12-13H2,1-2H3,(H,31,32,33). The van der Waals surface area contributed by atoms with E-state index >= 15 is 0 Å². The molecule has 4 fully saturated rings. The zero-order valence-corrected chi connectivity index (χ0v) is 20.4. The van der Waals surface area contributed by atoms with Crippen LogP contribution >= 0.6 is 0 Å². The lowest BCUT2D eigenvalue weighted by Gasteiger charge is -2.57. The number of rotatable bonds is 4. The summed E-state index contributed by atoms with van der Waals surface area (Å²) in [6.45, 7) is 4.97. The highest BCUT2D eigenvalue weighted by Gasteiger charge is 2.62. The maximum Gasteiger partial charge on any atom is 0.249 e. The van der Waals surface area contributed by atoms with Gasteiger partial charge in [-0.05, 0) is 57.8 Å². The largest absolute Gasteiger partial charge is 0.376 e. The number of nitrogens with one attached hydrogen (secondary N) is 2. The average Bonchev–Trinajstić information content (AvgIpc) is 3.52. The van der Waals surface area contributed by atoms with Crippen LogP contribution in [0.5, 0.6) is 0 Å². The number of hydrogen-bond acceptors (Lipinski definition) is 6. The molecule has 2 N–H and O–H groups in total. The fourth-order valence-corrected chi connectivity index (χ4v) is 6.75. The Morgan fingerprint density at radius 2 is 1.80 bits per heavy atom. The first kappa shape index (κ1) is 21.9. The molecule has 0 aromatic carbocycles. The van der Waals surface area contributed by atoms with Gasteiger partial charge < -0.3 is 15.4 Å². The number of halogens is 2. The lowest BCUT2D eigenvalue weighted by Crippen LogP contribution is -2.53. The summed E-state index contributed by atoms with van der Waals surface area (Å²) in [5, 5.41) is 11.8. The molecule has 7 nitrogen and oxygen atoms in total. The molecule has 2 aromatic heterocycles. The summed E-state index contributed by atoms with van der Waals surface area (Å²) >= 11 is 0. The summed E-state index contributed by atoms with van der Waals surface area (Å²) in [6.07, 6.45) is 9.87. The molecule has 2 aliphatic heterocycles. The second kappa shape index (κ2) is 7.60. The predicted molar refractivity (Wildman–Crippen MR) is 128 cm³/mol. The van der Waals surface area contributed by atoms with E-state index in [0.29, 0.717) is 12.6 Å². The molecular weight excluding hydrogens is 450 g/mol. The Labute approximate surface area is 204 Å². The van der Waals surface area contributed by atoms with Gasteiger partial charge in [0.05, 0.1) is 29.7 Å². The molecular formula is C26H34F2N6O. The van der Waals surface area contributed by atoms with Gasteiger partial charge in [-0.2, -0.15) is 5.10 Å². The van der Waals surface area contributed by atoms with Gasteiger partial charge in [0.2, 0.25) is 5.92 Å². The lowest BCUT2D eigenvalue weighted by atomic mass is 9.49. The first-order valence-corrected chi connectivity index (χ1v) is 13.3. The van der Waals surface area contributed by atoms with Crippen LogP contribution in [-0.4, -0.2) is 44.4 Å². The quantitative estimate of drug-likeness (QED) is 0.593. The zero-order chi connectivity index (χ0) is 23.9. The van der Waals surface area contributed by atoms with E-state index in [1.807, 2.05) is 6.20 Å². The van der Waals surface area contributed by atoms with Gasteiger partial charge >= 0.3 is 0 Å². The minimum absolute atomic E-state index is 0.00135. The summed E-state index contributed by atoms with van der Waals surface area (Å²) < 4.78 is 35.5. The molecule has 0 bridgehead atoms. The minimum atomic E-state index is -2.48. The summed E-state index contributed by atoms with van der Waals surface area (Å²) in [4.78, 5) is 10.2. The molecule has 5 aliphatic rings. The molecule has 1 spiro atoms. The molecule has 0 amide bonds. The van der Waals surface area contributed by atoms with Crippen molar-refractivity contribution in [2.75, 3.05) is 17.2 Å². The van der Waals surface area contributed by atoms with Crippen molar-refractivity contribution in [2.24, 2.45) is 5.41 Å². The number of ether oxygens (including phenoxy) is 1. The van der Waals surface area contributed by atoms with Crippen molar-refractivity contribution < 1.29 is 13.5 Å². The summed E-state index contributed by atoms with van der Waals surface area (Å²) in [5.41, 5.74) is 2.94. The summed E-state index contributed by atoms with van der Waals surface area (Å²) in [5.74, 6) is -0.350. The van der Waals surface area contributed by atoms with Crippen LogP contribution in [0.25, 0.3) is 0 Å². The molecule has 4 heterocycles. The maximum absolute atomic E-state index is 13.6. The number of nitrogens with zero attached hydrogens (tertiary/aromatic N) is 4. The van der Waals surface area contributed by atoms with Crippen LogP contribution in [0.15, 0.2) is 12.4 Å². The SMILES string of the molecule is CC1Nc2nc(C3CCOC(c4cnn(C5CC5)c4)C3)nc(C3CC4(C3)CC(F)(F)C4)c2NC1C. The Morgan fingerprint density at radius 1 is 1.03 bits per heavy atom. The Hall–Kier alpha value is -2.29. The van der Waals surface area contributed by atoms with Gasteiger partial charge in [0.1, 0.15) is 5.82 Å².